The smallest absolute Gasteiger partial charge is 0.210 e. The van der Waals surface area contributed by atoms with Gasteiger partial charge in [0.1, 0.15) is 0 Å². The fraction of sp³-hybridized carbons (Fsp3) is 0.167. The first-order chi connectivity index (χ1) is 9.61. The number of Topliss-reactive ketones (excluding diaryl/α,β-unsaturated/α-hetero) is 1. The molecular formula is C12H10Cl2N4OS. The zero-order valence-corrected chi connectivity index (χ0v) is 12.6. The van der Waals surface area contributed by atoms with Gasteiger partial charge in [-0.25, -0.2) is 4.68 Å². The lowest BCUT2D eigenvalue weighted by Crippen LogP contribution is -2.05. The molecule has 0 bridgehead atoms. The Morgan fingerprint density at radius 1 is 1.40 bits per heavy atom. The summed E-state index contributed by atoms with van der Waals surface area (Å²) in [7, 11) is 0. The third kappa shape index (κ3) is 3.59. The summed E-state index contributed by atoms with van der Waals surface area (Å²) in [5.74, 6) is 0.150. The van der Waals surface area contributed by atoms with E-state index >= 15 is 0 Å². The van der Waals surface area contributed by atoms with Crippen molar-refractivity contribution in [3.63, 3.8) is 0 Å². The van der Waals surface area contributed by atoms with Crippen LogP contribution in [0.4, 0.5) is 0 Å². The molecule has 20 heavy (non-hydrogen) atoms. The monoisotopic (exact) mass is 328 g/mol. The van der Waals surface area contributed by atoms with Crippen molar-refractivity contribution in [2.24, 2.45) is 0 Å². The van der Waals surface area contributed by atoms with E-state index in [1.807, 2.05) is 0 Å². The number of hydrogen-bond acceptors (Lipinski definition) is 5. The van der Waals surface area contributed by atoms with Crippen molar-refractivity contribution in [2.75, 3.05) is 5.75 Å². The Kier molecular flexibility index (Phi) is 5.17. The van der Waals surface area contributed by atoms with E-state index in [4.69, 9.17) is 23.2 Å². The minimum Gasteiger partial charge on any atom is -0.293 e. The number of benzene rings is 1. The van der Waals surface area contributed by atoms with Crippen LogP contribution >= 0.6 is 35.0 Å². The Hall–Kier alpha value is -1.37. The number of tetrazole rings is 1. The van der Waals surface area contributed by atoms with Crippen molar-refractivity contribution in [1.29, 1.82) is 0 Å². The Bertz CT molecular complexity index is 644. The van der Waals surface area contributed by atoms with Gasteiger partial charge < -0.3 is 0 Å². The summed E-state index contributed by atoms with van der Waals surface area (Å²) in [4.78, 5) is 12.1. The molecule has 2 rings (SSSR count). The van der Waals surface area contributed by atoms with Gasteiger partial charge in [0.25, 0.3) is 0 Å². The first kappa shape index (κ1) is 15.0. The molecule has 0 saturated carbocycles. The van der Waals surface area contributed by atoms with Gasteiger partial charge in [-0.05, 0) is 28.6 Å². The Labute approximate surface area is 129 Å². The fourth-order valence-electron chi connectivity index (χ4n) is 1.42. The van der Waals surface area contributed by atoms with Crippen LogP contribution in [0.25, 0.3) is 0 Å². The first-order valence-electron chi connectivity index (χ1n) is 5.60. The number of aromatic nitrogens is 4. The molecule has 2 aromatic rings. The number of thioether (sulfide) groups is 1. The molecule has 1 aromatic carbocycles. The summed E-state index contributed by atoms with van der Waals surface area (Å²) in [6, 6.07) is 4.80. The molecule has 0 aliphatic heterocycles. The van der Waals surface area contributed by atoms with Crippen molar-refractivity contribution >= 4 is 40.7 Å². The van der Waals surface area contributed by atoms with Crippen LogP contribution in [-0.2, 0) is 6.54 Å². The van der Waals surface area contributed by atoms with E-state index in [2.05, 4.69) is 22.1 Å². The van der Waals surface area contributed by atoms with Crippen LogP contribution < -0.4 is 0 Å². The van der Waals surface area contributed by atoms with Gasteiger partial charge in [0.05, 0.1) is 22.3 Å². The highest BCUT2D eigenvalue weighted by Crippen LogP contribution is 2.24. The minimum atomic E-state index is -0.0679. The van der Waals surface area contributed by atoms with Crippen LogP contribution in [0.15, 0.2) is 36.0 Å². The number of carbonyl (C=O) groups excluding carboxylic acids is 1. The maximum Gasteiger partial charge on any atom is 0.210 e. The van der Waals surface area contributed by atoms with Gasteiger partial charge in [0.2, 0.25) is 5.16 Å². The zero-order chi connectivity index (χ0) is 14.5. The number of nitrogens with zero attached hydrogens (tertiary/aromatic N) is 4. The highest BCUT2D eigenvalue weighted by Gasteiger charge is 2.12. The van der Waals surface area contributed by atoms with E-state index in [-0.39, 0.29) is 11.5 Å². The topological polar surface area (TPSA) is 60.7 Å². The van der Waals surface area contributed by atoms with Gasteiger partial charge in [0, 0.05) is 5.56 Å². The molecule has 1 aromatic heterocycles. The Balaban J connectivity index is 2.02. The quantitative estimate of drug-likeness (QED) is 0.463. The normalized spacial score (nSPS) is 10.5. The maximum absolute atomic E-state index is 12.1. The van der Waals surface area contributed by atoms with Crippen molar-refractivity contribution in [1.82, 2.24) is 20.2 Å². The summed E-state index contributed by atoms with van der Waals surface area (Å²) in [6.45, 7) is 4.11. The van der Waals surface area contributed by atoms with Crippen LogP contribution in [-0.4, -0.2) is 31.7 Å². The number of ketones is 1. The van der Waals surface area contributed by atoms with E-state index in [0.717, 1.165) is 0 Å². The SMILES string of the molecule is C=CCn1nnnc1SCC(=O)c1ccc(Cl)c(Cl)c1. The van der Waals surface area contributed by atoms with Crippen LogP contribution in [0.2, 0.25) is 10.0 Å². The van der Waals surface area contributed by atoms with Crippen LogP contribution in [0.5, 0.6) is 0 Å². The lowest BCUT2D eigenvalue weighted by molar-refractivity contribution is 0.102. The van der Waals surface area contributed by atoms with Gasteiger partial charge in [-0.2, -0.15) is 0 Å². The molecule has 0 spiro atoms. The van der Waals surface area contributed by atoms with E-state index in [1.165, 1.54) is 11.8 Å². The average molecular weight is 329 g/mol. The molecule has 0 aliphatic rings. The van der Waals surface area contributed by atoms with Gasteiger partial charge in [-0.1, -0.05) is 41.0 Å². The Morgan fingerprint density at radius 3 is 2.90 bits per heavy atom. The molecule has 0 fully saturated rings. The summed E-state index contributed by atoms with van der Waals surface area (Å²) >= 11 is 13.0. The number of allylic oxidation sites excluding steroid dienone is 1. The molecule has 0 aliphatic carbocycles. The summed E-state index contributed by atoms with van der Waals surface area (Å²) in [5.41, 5.74) is 0.509. The predicted molar refractivity (Wildman–Crippen MR) is 79.5 cm³/mol. The average Bonchev–Trinajstić information content (AvgIpc) is 2.87. The molecule has 0 unspecified atom stereocenters. The molecule has 0 radical (unpaired) electrons. The molecule has 1 heterocycles. The van der Waals surface area contributed by atoms with E-state index in [9.17, 15) is 4.79 Å². The van der Waals surface area contributed by atoms with Crippen molar-refractivity contribution in [3.8, 4) is 0 Å². The minimum absolute atomic E-state index is 0.0679. The van der Waals surface area contributed by atoms with Crippen LogP contribution in [0.1, 0.15) is 10.4 Å². The second kappa shape index (κ2) is 6.88. The Morgan fingerprint density at radius 2 is 2.20 bits per heavy atom. The fourth-order valence-corrected chi connectivity index (χ4v) is 2.50. The first-order valence-corrected chi connectivity index (χ1v) is 7.34. The molecule has 0 amide bonds. The van der Waals surface area contributed by atoms with Crippen molar-refractivity contribution in [2.45, 2.75) is 11.7 Å². The molecule has 8 heteroatoms. The van der Waals surface area contributed by atoms with E-state index in [1.54, 1.807) is 29.0 Å². The lowest BCUT2D eigenvalue weighted by Gasteiger charge is -2.03. The third-order valence-electron chi connectivity index (χ3n) is 2.38. The molecule has 0 atom stereocenters. The summed E-state index contributed by atoms with van der Waals surface area (Å²) in [6.07, 6.45) is 1.68. The van der Waals surface area contributed by atoms with Gasteiger partial charge in [0.15, 0.2) is 5.78 Å². The largest absolute Gasteiger partial charge is 0.293 e. The van der Waals surface area contributed by atoms with E-state index < -0.39 is 0 Å². The maximum atomic E-state index is 12.1. The standard InChI is InChI=1S/C12H10Cl2N4OS/c1-2-5-18-12(15-16-17-18)20-7-11(19)8-3-4-9(13)10(14)6-8/h2-4,6H,1,5,7H2. The van der Waals surface area contributed by atoms with Crippen molar-refractivity contribution < 1.29 is 4.79 Å². The lowest BCUT2D eigenvalue weighted by atomic mass is 10.1. The number of halogens is 2. The number of carbonyl (C=O) groups is 1. The van der Waals surface area contributed by atoms with Gasteiger partial charge >= 0.3 is 0 Å². The zero-order valence-electron chi connectivity index (χ0n) is 10.3. The molecule has 104 valence electrons. The number of hydrogen-bond donors (Lipinski definition) is 0. The highest BCUT2D eigenvalue weighted by atomic mass is 35.5. The second-order valence-corrected chi connectivity index (χ2v) is 5.53. The summed E-state index contributed by atoms with van der Waals surface area (Å²) < 4.78 is 1.57. The highest BCUT2D eigenvalue weighted by molar-refractivity contribution is 7.99. The van der Waals surface area contributed by atoms with Crippen LogP contribution in [0.3, 0.4) is 0 Å². The molecule has 0 saturated heterocycles. The van der Waals surface area contributed by atoms with Gasteiger partial charge in [-0.15, -0.1) is 11.7 Å². The molecule has 0 N–H and O–H groups in total. The predicted octanol–water partition coefficient (Wildman–Crippen LogP) is 3.14. The summed E-state index contributed by atoms with van der Waals surface area (Å²) in [5, 5.41) is 12.6. The van der Waals surface area contributed by atoms with Crippen molar-refractivity contribution in [3.05, 3.63) is 46.5 Å². The van der Waals surface area contributed by atoms with Crippen LogP contribution in [0, 0.1) is 0 Å². The number of rotatable bonds is 6. The molecule has 5 nitrogen and oxygen atoms in total. The second-order valence-electron chi connectivity index (χ2n) is 3.77. The third-order valence-corrected chi connectivity index (χ3v) is 4.07. The van der Waals surface area contributed by atoms with Gasteiger partial charge in [-0.3, -0.25) is 4.79 Å². The van der Waals surface area contributed by atoms with E-state index in [0.29, 0.717) is 27.3 Å². The molecular weight excluding hydrogens is 319 g/mol.